The molecule has 3 heteroatoms. The fourth-order valence-corrected chi connectivity index (χ4v) is 8.15. The number of fused-ring (bicyclic) bond motifs is 9. The second-order valence-electron chi connectivity index (χ2n) is 13.4. The van der Waals surface area contributed by atoms with Gasteiger partial charge in [-0.2, -0.15) is 0 Å². The van der Waals surface area contributed by atoms with Crippen LogP contribution < -0.4 is 0 Å². The van der Waals surface area contributed by atoms with Crippen LogP contribution in [0.15, 0.2) is 186 Å². The maximum Gasteiger partial charge on any atom is 0.136 e. The lowest BCUT2D eigenvalue weighted by molar-refractivity contribution is 0.669. The Hall–Kier alpha value is -6.84. The molecule has 0 fully saturated rings. The third-order valence-electron chi connectivity index (χ3n) is 10.5. The smallest absolute Gasteiger partial charge is 0.136 e. The standard InChI is InChI=1S/C48H30N2O/c1-2-11-31(12-3-1)33-13-10-14-36(27-33)50-44-19-8-5-16-38(44)42-29-45-41(30-46(42)50)37-15-4-7-18-43(37)49(45)35-24-21-32(22-25-35)34-23-26-40-39-17-6-9-20-47(39)51-48(40)28-34/h1-30H. The van der Waals surface area contributed by atoms with E-state index in [1.807, 2.05) is 12.1 Å². The fraction of sp³-hybridized carbons (Fsp3) is 0. The summed E-state index contributed by atoms with van der Waals surface area (Å²) in [5.74, 6) is 0. The molecule has 238 valence electrons. The molecule has 0 aliphatic carbocycles. The van der Waals surface area contributed by atoms with Crippen LogP contribution in [0.5, 0.6) is 0 Å². The van der Waals surface area contributed by atoms with Gasteiger partial charge in [0, 0.05) is 43.7 Å². The van der Waals surface area contributed by atoms with Crippen LogP contribution in [-0.4, -0.2) is 9.13 Å². The minimum atomic E-state index is 0.912. The normalized spacial score (nSPS) is 11.9. The first-order valence-electron chi connectivity index (χ1n) is 17.4. The lowest BCUT2D eigenvalue weighted by Gasteiger charge is -2.11. The van der Waals surface area contributed by atoms with Gasteiger partial charge in [0.2, 0.25) is 0 Å². The summed E-state index contributed by atoms with van der Waals surface area (Å²) in [7, 11) is 0. The van der Waals surface area contributed by atoms with Crippen LogP contribution in [0.25, 0.3) is 99.2 Å². The summed E-state index contributed by atoms with van der Waals surface area (Å²) in [6, 6.07) is 65.6. The summed E-state index contributed by atoms with van der Waals surface area (Å²) in [6.45, 7) is 0. The van der Waals surface area contributed by atoms with E-state index in [-0.39, 0.29) is 0 Å². The Morgan fingerprint density at radius 1 is 0.275 bits per heavy atom. The van der Waals surface area contributed by atoms with Crippen LogP contribution in [0.2, 0.25) is 0 Å². The molecule has 0 N–H and O–H groups in total. The van der Waals surface area contributed by atoms with E-state index in [9.17, 15) is 0 Å². The number of furan rings is 1. The Morgan fingerprint density at radius 3 is 1.53 bits per heavy atom. The molecule has 11 rings (SSSR count). The van der Waals surface area contributed by atoms with Crippen LogP contribution in [0, 0.1) is 0 Å². The zero-order valence-electron chi connectivity index (χ0n) is 27.6. The quantitative estimate of drug-likeness (QED) is 0.186. The topological polar surface area (TPSA) is 23.0 Å². The third kappa shape index (κ3) is 4.25. The number of aromatic nitrogens is 2. The molecule has 0 amide bonds. The van der Waals surface area contributed by atoms with Crippen molar-refractivity contribution in [2.24, 2.45) is 0 Å². The van der Waals surface area contributed by atoms with Crippen molar-refractivity contribution >= 4 is 65.6 Å². The van der Waals surface area contributed by atoms with Gasteiger partial charge in [0.1, 0.15) is 11.2 Å². The summed E-state index contributed by atoms with van der Waals surface area (Å²) >= 11 is 0. The molecule has 0 bridgehead atoms. The second kappa shape index (κ2) is 10.8. The van der Waals surface area contributed by atoms with Crippen molar-refractivity contribution in [1.82, 2.24) is 9.13 Å². The Balaban J connectivity index is 1.09. The molecule has 0 saturated heterocycles. The minimum absolute atomic E-state index is 0.912. The average molecular weight is 651 g/mol. The van der Waals surface area contributed by atoms with Gasteiger partial charge in [-0.3, -0.25) is 0 Å². The second-order valence-corrected chi connectivity index (χ2v) is 13.4. The molecule has 0 radical (unpaired) electrons. The summed E-state index contributed by atoms with van der Waals surface area (Å²) in [5, 5.41) is 7.26. The molecule has 8 aromatic carbocycles. The molecule has 51 heavy (non-hydrogen) atoms. The Labute approximate surface area is 293 Å². The van der Waals surface area contributed by atoms with E-state index in [4.69, 9.17) is 4.42 Å². The van der Waals surface area contributed by atoms with Crippen molar-refractivity contribution in [2.75, 3.05) is 0 Å². The Kier molecular flexibility index (Phi) is 5.96. The van der Waals surface area contributed by atoms with Crippen LogP contribution in [0.1, 0.15) is 0 Å². The zero-order chi connectivity index (χ0) is 33.5. The lowest BCUT2D eigenvalue weighted by atomic mass is 10.0. The van der Waals surface area contributed by atoms with Gasteiger partial charge in [0.15, 0.2) is 0 Å². The van der Waals surface area contributed by atoms with Crippen molar-refractivity contribution in [3.05, 3.63) is 182 Å². The molecule has 0 aliphatic heterocycles. The van der Waals surface area contributed by atoms with Crippen molar-refractivity contribution in [1.29, 1.82) is 0 Å². The Morgan fingerprint density at radius 2 is 0.804 bits per heavy atom. The highest BCUT2D eigenvalue weighted by Crippen LogP contribution is 2.40. The first-order valence-corrected chi connectivity index (χ1v) is 17.4. The number of para-hydroxylation sites is 3. The van der Waals surface area contributed by atoms with E-state index >= 15 is 0 Å². The van der Waals surface area contributed by atoms with Gasteiger partial charge in [-0.15, -0.1) is 0 Å². The molecule has 0 unspecified atom stereocenters. The maximum atomic E-state index is 6.21. The van der Waals surface area contributed by atoms with Crippen LogP contribution in [0.3, 0.4) is 0 Å². The average Bonchev–Trinajstić information content (AvgIpc) is 3.84. The highest BCUT2D eigenvalue weighted by atomic mass is 16.3. The first-order chi connectivity index (χ1) is 25.3. The zero-order valence-corrected chi connectivity index (χ0v) is 27.6. The molecule has 3 aromatic heterocycles. The highest BCUT2D eigenvalue weighted by molar-refractivity contribution is 6.19. The van der Waals surface area contributed by atoms with Gasteiger partial charge in [-0.1, -0.05) is 115 Å². The lowest BCUT2D eigenvalue weighted by Crippen LogP contribution is -1.95. The summed E-state index contributed by atoms with van der Waals surface area (Å²) < 4.78 is 11.1. The predicted molar refractivity (Wildman–Crippen MR) is 213 cm³/mol. The summed E-state index contributed by atoms with van der Waals surface area (Å²) in [6.07, 6.45) is 0. The number of benzene rings is 8. The molecule has 3 nitrogen and oxygen atoms in total. The van der Waals surface area contributed by atoms with E-state index in [2.05, 4.69) is 179 Å². The van der Waals surface area contributed by atoms with Gasteiger partial charge in [-0.05, 0) is 89.0 Å². The third-order valence-corrected chi connectivity index (χ3v) is 10.5. The van der Waals surface area contributed by atoms with Crippen LogP contribution >= 0.6 is 0 Å². The van der Waals surface area contributed by atoms with E-state index in [1.165, 1.54) is 54.7 Å². The molecule has 0 saturated carbocycles. The SMILES string of the molecule is c1ccc(-c2cccc(-n3c4ccccc4c4cc5c(cc43)c3ccccc3n5-c3ccc(-c4ccc5c(c4)oc4ccccc45)cc3)c2)cc1. The van der Waals surface area contributed by atoms with E-state index in [0.717, 1.165) is 44.4 Å². The van der Waals surface area contributed by atoms with E-state index in [1.54, 1.807) is 0 Å². The molecule has 3 heterocycles. The molecular formula is C48H30N2O. The largest absolute Gasteiger partial charge is 0.456 e. The first kappa shape index (κ1) is 28.0. The molecule has 0 spiro atoms. The molecule has 11 aromatic rings. The van der Waals surface area contributed by atoms with Crippen molar-refractivity contribution < 1.29 is 4.42 Å². The maximum absolute atomic E-state index is 6.21. The van der Waals surface area contributed by atoms with Crippen LogP contribution in [0.4, 0.5) is 0 Å². The van der Waals surface area contributed by atoms with Crippen molar-refractivity contribution in [3.63, 3.8) is 0 Å². The number of hydrogen-bond donors (Lipinski definition) is 0. The van der Waals surface area contributed by atoms with Crippen molar-refractivity contribution in [2.45, 2.75) is 0 Å². The van der Waals surface area contributed by atoms with Crippen LogP contribution in [-0.2, 0) is 0 Å². The van der Waals surface area contributed by atoms with Gasteiger partial charge in [-0.25, -0.2) is 0 Å². The van der Waals surface area contributed by atoms with Gasteiger partial charge in [0.25, 0.3) is 0 Å². The number of hydrogen-bond acceptors (Lipinski definition) is 1. The fourth-order valence-electron chi connectivity index (χ4n) is 8.15. The predicted octanol–water partition coefficient (Wildman–Crippen LogP) is 13.1. The van der Waals surface area contributed by atoms with Gasteiger partial charge < -0.3 is 13.6 Å². The summed E-state index contributed by atoms with van der Waals surface area (Å²) in [5.41, 5.74) is 13.6. The summed E-state index contributed by atoms with van der Waals surface area (Å²) in [4.78, 5) is 0. The molecule has 0 aliphatic rings. The molecular weight excluding hydrogens is 621 g/mol. The van der Waals surface area contributed by atoms with Gasteiger partial charge >= 0.3 is 0 Å². The van der Waals surface area contributed by atoms with Gasteiger partial charge in [0.05, 0.1) is 22.1 Å². The Bertz CT molecular complexity index is 3120. The number of rotatable bonds is 4. The number of nitrogens with zero attached hydrogens (tertiary/aromatic N) is 2. The molecule has 0 atom stereocenters. The minimum Gasteiger partial charge on any atom is -0.456 e. The van der Waals surface area contributed by atoms with E-state index < -0.39 is 0 Å². The van der Waals surface area contributed by atoms with E-state index in [0.29, 0.717) is 0 Å². The van der Waals surface area contributed by atoms with Crippen molar-refractivity contribution in [3.8, 4) is 33.6 Å². The highest BCUT2D eigenvalue weighted by Gasteiger charge is 2.19. The monoisotopic (exact) mass is 650 g/mol.